The number of H-pyrrole nitrogens is 2. The van der Waals surface area contributed by atoms with Crippen LogP contribution in [0, 0.1) is 5.92 Å². The van der Waals surface area contributed by atoms with Crippen molar-refractivity contribution in [1.82, 2.24) is 46.5 Å². The third-order valence-electron chi connectivity index (χ3n) is 9.70. The summed E-state index contributed by atoms with van der Waals surface area (Å²) in [6.45, 7) is 10.1. The molecule has 0 spiro atoms. The highest BCUT2D eigenvalue weighted by atomic mass is 16.2. The van der Waals surface area contributed by atoms with Crippen molar-refractivity contribution in [2.75, 3.05) is 0 Å². The summed E-state index contributed by atoms with van der Waals surface area (Å²) in [5.74, 6) is -3.28. The standard InChI is InChI=1S/C40H67N9O6/c1-7-8-9-10-11-12-13-14-15-16-17-18-19-20-35(51)47-33(21-31-23-41-25-43-31)38(53)46-29(5)37(52)49-36(27(2)3)40(55)48-34(22-32-24-42-26-44-32)39(54)45-28(4)30(6)50/h23-29,33-34,36H,7-22H2,1-6H3,(H,41,43)(H,42,44)(H,45,54)(H,46,53)(H,47,51)(H,48,55)(H,49,52)/t28-,29-,33-,34-,36+/m0/s1. The number of carbonyl (C=O) groups is 6. The lowest BCUT2D eigenvalue weighted by molar-refractivity contribution is -0.135. The van der Waals surface area contributed by atoms with Gasteiger partial charge in [-0.3, -0.25) is 28.8 Å². The Balaban J connectivity index is 1.91. The lowest BCUT2D eigenvalue weighted by Gasteiger charge is -2.27. The first-order valence-corrected chi connectivity index (χ1v) is 20.3. The van der Waals surface area contributed by atoms with Crippen LogP contribution < -0.4 is 26.6 Å². The molecule has 2 heterocycles. The van der Waals surface area contributed by atoms with E-state index in [1.165, 1.54) is 84.3 Å². The molecule has 0 saturated carbocycles. The summed E-state index contributed by atoms with van der Waals surface area (Å²) >= 11 is 0. The molecule has 0 fully saturated rings. The predicted octanol–water partition coefficient (Wildman–Crippen LogP) is 4.11. The van der Waals surface area contributed by atoms with Crippen LogP contribution in [-0.2, 0) is 41.6 Å². The Kier molecular flexibility index (Phi) is 22.3. The van der Waals surface area contributed by atoms with Crippen molar-refractivity contribution in [3.8, 4) is 0 Å². The zero-order valence-electron chi connectivity index (χ0n) is 33.9. The average Bonchev–Trinajstić information content (AvgIpc) is 3.86. The molecular formula is C40H67N9O6. The predicted molar refractivity (Wildman–Crippen MR) is 211 cm³/mol. The number of Topliss-reactive ketones (excluding diaryl/α,β-unsaturated/α-hetero) is 1. The number of nitrogens with zero attached hydrogens (tertiary/aromatic N) is 2. The summed E-state index contributed by atoms with van der Waals surface area (Å²) in [6.07, 6.45) is 22.2. The van der Waals surface area contributed by atoms with Gasteiger partial charge in [-0.2, -0.15) is 0 Å². The molecule has 0 aliphatic rings. The van der Waals surface area contributed by atoms with Crippen molar-refractivity contribution in [1.29, 1.82) is 0 Å². The average molecular weight is 770 g/mol. The molecule has 0 aliphatic carbocycles. The van der Waals surface area contributed by atoms with E-state index in [4.69, 9.17) is 0 Å². The van der Waals surface area contributed by atoms with Crippen molar-refractivity contribution in [2.24, 2.45) is 5.92 Å². The second kappa shape index (κ2) is 26.3. The molecule has 2 aromatic heterocycles. The smallest absolute Gasteiger partial charge is 0.243 e. The SMILES string of the molecule is CCCCCCCCCCCCCCCC(=O)N[C@@H](Cc1c[nH]cn1)C(=O)N[C@@H](C)C(=O)N[C@@H](C(=O)N[C@@H](Cc1c[nH]cn1)C(=O)N[C@@H](C)C(C)=O)C(C)C. The molecule has 0 aliphatic heterocycles. The van der Waals surface area contributed by atoms with Gasteiger partial charge in [0.2, 0.25) is 29.5 Å². The molecule has 5 amide bonds. The van der Waals surface area contributed by atoms with Crippen LogP contribution in [0.2, 0.25) is 0 Å². The van der Waals surface area contributed by atoms with Gasteiger partial charge in [-0.1, -0.05) is 97.8 Å². The number of hydrogen-bond acceptors (Lipinski definition) is 8. The number of amides is 5. The molecular weight excluding hydrogens is 702 g/mol. The molecule has 15 nitrogen and oxygen atoms in total. The minimum Gasteiger partial charge on any atom is -0.351 e. The van der Waals surface area contributed by atoms with Gasteiger partial charge in [0.1, 0.15) is 24.2 Å². The van der Waals surface area contributed by atoms with Crippen LogP contribution in [-0.4, -0.2) is 85.5 Å². The van der Waals surface area contributed by atoms with Crippen molar-refractivity contribution in [3.05, 3.63) is 36.4 Å². The van der Waals surface area contributed by atoms with E-state index >= 15 is 0 Å². The number of aromatic nitrogens is 4. The minimum atomic E-state index is -1.08. The fraction of sp³-hybridized carbons (Fsp3) is 0.700. The summed E-state index contributed by atoms with van der Waals surface area (Å²) in [6, 6.07) is -4.96. The highest BCUT2D eigenvalue weighted by molar-refractivity contribution is 5.96. The summed E-state index contributed by atoms with van der Waals surface area (Å²) in [5.41, 5.74) is 1.08. The lowest BCUT2D eigenvalue weighted by atomic mass is 10.0. The first-order chi connectivity index (χ1) is 26.3. The number of ketones is 1. The maximum atomic E-state index is 13.5. The number of rotatable bonds is 29. The van der Waals surface area contributed by atoms with Gasteiger partial charge < -0.3 is 36.6 Å². The second-order valence-corrected chi connectivity index (χ2v) is 15.0. The Hall–Kier alpha value is -4.56. The minimum absolute atomic E-state index is 0.0411. The van der Waals surface area contributed by atoms with E-state index in [2.05, 4.69) is 53.4 Å². The van der Waals surface area contributed by atoms with Gasteiger partial charge in [-0.05, 0) is 33.1 Å². The topological polar surface area (TPSA) is 220 Å². The van der Waals surface area contributed by atoms with E-state index in [1.54, 1.807) is 33.2 Å². The zero-order valence-corrected chi connectivity index (χ0v) is 33.9. The first kappa shape index (κ1) is 46.6. The molecule has 5 atom stereocenters. The number of unbranched alkanes of at least 4 members (excludes halogenated alkanes) is 12. The fourth-order valence-electron chi connectivity index (χ4n) is 6.08. The molecule has 0 bridgehead atoms. The van der Waals surface area contributed by atoms with Crippen LogP contribution in [0.3, 0.4) is 0 Å². The fourth-order valence-corrected chi connectivity index (χ4v) is 6.08. The van der Waals surface area contributed by atoms with Gasteiger partial charge in [0.05, 0.1) is 30.1 Å². The number of hydrogen-bond donors (Lipinski definition) is 7. The molecule has 0 aromatic carbocycles. The molecule has 0 unspecified atom stereocenters. The summed E-state index contributed by atoms with van der Waals surface area (Å²) in [4.78, 5) is 92.2. The first-order valence-electron chi connectivity index (χ1n) is 20.3. The van der Waals surface area contributed by atoms with Crippen LogP contribution in [0.4, 0.5) is 0 Å². The number of imidazole rings is 2. The van der Waals surface area contributed by atoms with Crippen molar-refractivity contribution >= 4 is 35.3 Å². The Morgan fingerprint density at radius 2 is 1.02 bits per heavy atom. The second-order valence-electron chi connectivity index (χ2n) is 15.0. The summed E-state index contributed by atoms with van der Waals surface area (Å²) in [7, 11) is 0. The van der Waals surface area contributed by atoms with E-state index in [1.807, 2.05) is 0 Å². The third-order valence-corrected chi connectivity index (χ3v) is 9.70. The summed E-state index contributed by atoms with van der Waals surface area (Å²) < 4.78 is 0. The molecule has 2 rings (SSSR count). The van der Waals surface area contributed by atoms with Gasteiger partial charge >= 0.3 is 0 Å². The van der Waals surface area contributed by atoms with Crippen molar-refractivity contribution in [3.63, 3.8) is 0 Å². The van der Waals surface area contributed by atoms with Crippen LogP contribution in [0.15, 0.2) is 25.0 Å². The third kappa shape index (κ3) is 19.0. The monoisotopic (exact) mass is 770 g/mol. The molecule has 308 valence electrons. The normalized spacial score (nSPS) is 13.9. The van der Waals surface area contributed by atoms with Crippen LogP contribution >= 0.6 is 0 Å². The molecule has 0 saturated heterocycles. The largest absolute Gasteiger partial charge is 0.351 e. The van der Waals surface area contributed by atoms with Crippen LogP contribution in [0.1, 0.15) is 143 Å². The number of nitrogens with one attached hydrogen (secondary N) is 7. The Morgan fingerprint density at radius 1 is 0.564 bits per heavy atom. The molecule has 2 aromatic rings. The van der Waals surface area contributed by atoms with Crippen molar-refractivity contribution < 1.29 is 28.8 Å². The maximum Gasteiger partial charge on any atom is 0.243 e. The Labute approximate surface area is 326 Å². The molecule has 7 N–H and O–H groups in total. The molecule has 0 radical (unpaired) electrons. The van der Waals surface area contributed by atoms with Gasteiger partial charge in [-0.25, -0.2) is 9.97 Å². The quantitative estimate of drug-likeness (QED) is 0.0596. The van der Waals surface area contributed by atoms with E-state index in [0.717, 1.165) is 25.7 Å². The number of carbonyl (C=O) groups excluding carboxylic acids is 6. The van der Waals surface area contributed by atoms with E-state index in [0.29, 0.717) is 11.4 Å². The molecule has 15 heteroatoms. The highest BCUT2D eigenvalue weighted by Gasteiger charge is 2.32. The maximum absolute atomic E-state index is 13.5. The number of aromatic amines is 2. The highest BCUT2D eigenvalue weighted by Crippen LogP contribution is 2.13. The van der Waals surface area contributed by atoms with Gasteiger partial charge in [0.15, 0.2) is 5.78 Å². The van der Waals surface area contributed by atoms with Crippen LogP contribution in [0.25, 0.3) is 0 Å². The Bertz CT molecular complexity index is 1430. The van der Waals surface area contributed by atoms with E-state index in [9.17, 15) is 28.8 Å². The molecule has 55 heavy (non-hydrogen) atoms. The Morgan fingerprint density at radius 3 is 1.45 bits per heavy atom. The zero-order chi connectivity index (χ0) is 40.6. The van der Waals surface area contributed by atoms with Gasteiger partial charge in [0.25, 0.3) is 0 Å². The van der Waals surface area contributed by atoms with Gasteiger partial charge in [0, 0.05) is 31.7 Å². The van der Waals surface area contributed by atoms with E-state index < -0.39 is 59.8 Å². The lowest BCUT2D eigenvalue weighted by Crippen LogP contribution is -2.59. The van der Waals surface area contributed by atoms with E-state index in [-0.39, 0.29) is 31.0 Å². The van der Waals surface area contributed by atoms with Gasteiger partial charge in [-0.15, -0.1) is 0 Å². The van der Waals surface area contributed by atoms with Crippen LogP contribution in [0.5, 0.6) is 0 Å². The van der Waals surface area contributed by atoms with Crippen molar-refractivity contribution in [2.45, 2.75) is 174 Å². The summed E-state index contributed by atoms with van der Waals surface area (Å²) in [5, 5.41) is 13.5.